The molecule has 4 nitrogen and oxygen atoms in total. The molecule has 0 saturated heterocycles. The van der Waals surface area contributed by atoms with E-state index in [1.54, 1.807) is 0 Å². The maximum absolute atomic E-state index is 11.8. The number of hydrogen-bond donors (Lipinski definition) is 2. The summed E-state index contributed by atoms with van der Waals surface area (Å²) in [4.78, 5) is 16.6. The number of hydrogen-bond acceptors (Lipinski definition) is 3. The number of nitrogens with zero attached hydrogens (tertiary/aromatic N) is 1. The molecule has 0 aliphatic heterocycles. The number of para-hydroxylation sites is 1. The largest absolute Gasteiger partial charge is 0.395 e. The molecule has 1 aromatic carbocycles. The molecule has 0 spiro atoms. The molecule has 90 valence electrons. The van der Waals surface area contributed by atoms with Crippen molar-refractivity contribution >= 4 is 10.9 Å². The van der Waals surface area contributed by atoms with Gasteiger partial charge in [-0.2, -0.15) is 0 Å². The van der Waals surface area contributed by atoms with Gasteiger partial charge in [0.25, 0.3) is 5.56 Å². The molecule has 2 N–H and O–H groups in total. The van der Waals surface area contributed by atoms with Gasteiger partial charge in [-0.3, -0.25) is 9.69 Å². The number of aromatic amines is 1. The van der Waals surface area contributed by atoms with Crippen molar-refractivity contribution < 1.29 is 5.11 Å². The highest BCUT2D eigenvalue weighted by molar-refractivity contribution is 5.78. The number of rotatable bonds is 4. The van der Waals surface area contributed by atoms with E-state index < -0.39 is 0 Å². The summed E-state index contributed by atoms with van der Waals surface area (Å²) in [7, 11) is 1.88. The summed E-state index contributed by atoms with van der Waals surface area (Å²) < 4.78 is 0. The van der Waals surface area contributed by atoms with Crippen LogP contribution in [-0.2, 0) is 6.54 Å². The van der Waals surface area contributed by atoms with Gasteiger partial charge in [-0.1, -0.05) is 18.2 Å². The Morgan fingerprint density at radius 3 is 2.88 bits per heavy atom. The van der Waals surface area contributed by atoms with E-state index in [0.717, 1.165) is 16.5 Å². The van der Waals surface area contributed by atoms with Crippen LogP contribution in [0.3, 0.4) is 0 Å². The number of aliphatic hydroxyl groups excluding tert-OH is 1. The van der Waals surface area contributed by atoms with Gasteiger partial charge in [-0.05, 0) is 24.6 Å². The molecular weight excluding hydrogens is 216 g/mol. The average Bonchev–Trinajstić information content (AvgIpc) is 2.30. The molecule has 0 bridgehead atoms. The smallest absolute Gasteiger partial charge is 0.252 e. The zero-order valence-electron chi connectivity index (χ0n) is 9.81. The van der Waals surface area contributed by atoms with Crippen molar-refractivity contribution in [1.82, 2.24) is 9.88 Å². The predicted molar refractivity (Wildman–Crippen MR) is 68.0 cm³/mol. The van der Waals surface area contributed by atoms with Crippen molar-refractivity contribution in [3.05, 3.63) is 46.2 Å². The van der Waals surface area contributed by atoms with Crippen LogP contribution in [0.15, 0.2) is 35.1 Å². The van der Waals surface area contributed by atoms with Crippen molar-refractivity contribution in [3.63, 3.8) is 0 Å². The minimum absolute atomic E-state index is 0.0616. The summed E-state index contributed by atoms with van der Waals surface area (Å²) in [6.45, 7) is 1.20. The molecule has 0 aliphatic carbocycles. The van der Waals surface area contributed by atoms with Crippen LogP contribution in [0.5, 0.6) is 0 Å². The molecular formula is C13H16N2O2. The number of aromatic nitrogens is 1. The first-order chi connectivity index (χ1) is 8.20. The Kier molecular flexibility index (Phi) is 3.56. The number of H-pyrrole nitrogens is 1. The Bertz CT molecular complexity index is 563. The zero-order chi connectivity index (χ0) is 12.3. The minimum Gasteiger partial charge on any atom is -0.395 e. The fraction of sp³-hybridized carbons (Fsp3) is 0.308. The number of benzene rings is 1. The van der Waals surface area contributed by atoms with E-state index in [9.17, 15) is 4.79 Å². The van der Waals surface area contributed by atoms with E-state index in [1.807, 2.05) is 42.3 Å². The third-order valence-corrected chi connectivity index (χ3v) is 2.75. The van der Waals surface area contributed by atoms with Gasteiger partial charge in [0.2, 0.25) is 0 Å². The van der Waals surface area contributed by atoms with Crippen molar-refractivity contribution in [2.75, 3.05) is 20.2 Å². The maximum atomic E-state index is 11.8. The molecule has 0 fully saturated rings. The Labute approximate surface area is 99.5 Å². The van der Waals surface area contributed by atoms with E-state index in [1.165, 1.54) is 0 Å². The molecule has 0 radical (unpaired) electrons. The summed E-state index contributed by atoms with van der Waals surface area (Å²) in [5.41, 5.74) is 1.51. The third kappa shape index (κ3) is 2.72. The Morgan fingerprint density at radius 2 is 2.12 bits per heavy atom. The van der Waals surface area contributed by atoms with Crippen molar-refractivity contribution in [3.8, 4) is 0 Å². The van der Waals surface area contributed by atoms with E-state index in [0.29, 0.717) is 13.1 Å². The molecule has 2 rings (SSSR count). The molecule has 4 heteroatoms. The second-order valence-corrected chi connectivity index (χ2v) is 4.17. The quantitative estimate of drug-likeness (QED) is 0.825. The van der Waals surface area contributed by atoms with Crippen LogP contribution in [0.4, 0.5) is 0 Å². The standard InChI is InChI=1S/C13H16N2O2/c1-15(6-7-16)9-11-8-10-4-2-3-5-12(10)14-13(11)17/h2-5,8,16H,6-7,9H2,1H3,(H,14,17). The number of aliphatic hydroxyl groups is 1. The fourth-order valence-electron chi connectivity index (χ4n) is 1.85. The molecule has 0 amide bonds. The minimum atomic E-state index is -0.0616. The number of likely N-dealkylation sites (N-methyl/N-ethyl adjacent to an activating group) is 1. The highest BCUT2D eigenvalue weighted by Crippen LogP contribution is 2.10. The second-order valence-electron chi connectivity index (χ2n) is 4.17. The molecule has 0 saturated carbocycles. The van der Waals surface area contributed by atoms with Crippen LogP contribution >= 0.6 is 0 Å². The lowest BCUT2D eigenvalue weighted by Crippen LogP contribution is -2.25. The Morgan fingerprint density at radius 1 is 1.35 bits per heavy atom. The lowest BCUT2D eigenvalue weighted by molar-refractivity contribution is 0.217. The summed E-state index contributed by atoms with van der Waals surface area (Å²) in [5, 5.41) is 9.86. The lowest BCUT2D eigenvalue weighted by atomic mass is 10.1. The van der Waals surface area contributed by atoms with Crippen molar-refractivity contribution in [2.45, 2.75) is 6.54 Å². The van der Waals surface area contributed by atoms with Gasteiger partial charge in [0.05, 0.1) is 6.61 Å². The topological polar surface area (TPSA) is 56.3 Å². The molecule has 0 unspecified atom stereocenters. The van der Waals surface area contributed by atoms with Crippen LogP contribution in [0.2, 0.25) is 0 Å². The summed E-state index contributed by atoms with van der Waals surface area (Å²) >= 11 is 0. The van der Waals surface area contributed by atoms with Crippen molar-refractivity contribution in [1.29, 1.82) is 0 Å². The second kappa shape index (κ2) is 5.12. The van der Waals surface area contributed by atoms with Gasteiger partial charge in [-0.25, -0.2) is 0 Å². The fourth-order valence-corrected chi connectivity index (χ4v) is 1.85. The maximum Gasteiger partial charge on any atom is 0.252 e. The van der Waals surface area contributed by atoms with Gasteiger partial charge >= 0.3 is 0 Å². The van der Waals surface area contributed by atoms with Crippen LogP contribution in [0.1, 0.15) is 5.56 Å². The van der Waals surface area contributed by atoms with Gasteiger partial charge in [0, 0.05) is 24.2 Å². The molecule has 0 atom stereocenters. The average molecular weight is 232 g/mol. The monoisotopic (exact) mass is 232 g/mol. The summed E-state index contributed by atoms with van der Waals surface area (Å²) in [6, 6.07) is 9.61. The highest BCUT2D eigenvalue weighted by Gasteiger charge is 2.05. The molecule has 0 aliphatic rings. The van der Waals surface area contributed by atoms with Crippen LogP contribution < -0.4 is 5.56 Å². The highest BCUT2D eigenvalue weighted by atomic mass is 16.3. The Hall–Kier alpha value is -1.65. The third-order valence-electron chi connectivity index (χ3n) is 2.75. The van der Waals surface area contributed by atoms with Crippen LogP contribution in [0.25, 0.3) is 10.9 Å². The van der Waals surface area contributed by atoms with E-state index >= 15 is 0 Å². The first kappa shape index (κ1) is 11.8. The first-order valence-corrected chi connectivity index (χ1v) is 5.61. The van der Waals surface area contributed by atoms with Gasteiger partial charge in [-0.15, -0.1) is 0 Å². The summed E-state index contributed by atoms with van der Waals surface area (Å²) in [5.74, 6) is 0. The van der Waals surface area contributed by atoms with Crippen LogP contribution in [0, 0.1) is 0 Å². The summed E-state index contributed by atoms with van der Waals surface area (Å²) in [6.07, 6.45) is 0. The number of pyridine rings is 1. The molecule has 2 aromatic rings. The van der Waals surface area contributed by atoms with E-state index in [2.05, 4.69) is 4.98 Å². The normalized spacial score (nSPS) is 11.2. The Balaban J connectivity index is 2.34. The SMILES string of the molecule is CN(CCO)Cc1cc2ccccc2[nH]c1=O. The van der Waals surface area contributed by atoms with E-state index in [4.69, 9.17) is 5.11 Å². The van der Waals surface area contributed by atoms with Gasteiger partial charge < -0.3 is 10.1 Å². The van der Waals surface area contributed by atoms with Gasteiger partial charge in [0.15, 0.2) is 0 Å². The number of fused-ring (bicyclic) bond motifs is 1. The molecule has 17 heavy (non-hydrogen) atoms. The number of nitrogens with one attached hydrogen (secondary N) is 1. The van der Waals surface area contributed by atoms with Gasteiger partial charge in [0.1, 0.15) is 0 Å². The lowest BCUT2D eigenvalue weighted by Gasteiger charge is -2.14. The predicted octanol–water partition coefficient (Wildman–Crippen LogP) is 0.952. The first-order valence-electron chi connectivity index (χ1n) is 5.61. The molecule has 1 aromatic heterocycles. The zero-order valence-corrected chi connectivity index (χ0v) is 9.81. The molecule has 1 heterocycles. The van der Waals surface area contributed by atoms with E-state index in [-0.39, 0.29) is 12.2 Å². The van der Waals surface area contributed by atoms with Crippen LogP contribution in [-0.4, -0.2) is 35.2 Å². The van der Waals surface area contributed by atoms with Crippen molar-refractivity contribution in [2.24, 2.45) is 0 Å².